The van der Waals surface area contributed by atoms with Crippen LogP contribution >= 0.6 is 0 Å². The molecule has 132 valence electrons. The summed E-state index contributed by atoms with van der Waals surface area (Å²) >= 11 is 0. The summed E-state index contributed by atoms with van der Waals surface area (Å²) in [6.07, 6.45) is 0. The number of carbonyl (C=O) groups is 1. The molecule has 2 amide bonds. The SMILES string of the molecule is CC(C)c1ccccc1NC(=O)N1CCN(c2ccc(F)cc2)CC1. The zero-order valence-electron chi connectivity index (χ0n) is 14.7. The van der Waals surface area contributed by atoms with Crippen molar-refractivity contribution in [1.29, 1.82) is 0 Å². The maximum Gasteiger partial charge on any atom is 0.321 e. The van der Waals surface area contributed by atoms with Gasteiger partial charge in [0.15, 0.2) is 0 Å². The smallest absolute Gasteiger partial charge is 0.321 e. The highest BCUT2D eigenvalue weighted by Crippen LogP contribution is 2.24. The van der Waals surface area contributed by atoms with Gasteiger partial charge in [-0.3, -0.25) is 0 Å². The van der Waals surface area contributed by atoms with Crippen LogP contribution in [0.5, 0.6) is 0 Å². The molecular weight excluding hydrogens is 317 g/mol. The van der Waals surface area contributed by atoms with E-state index in [1.807, 2.05) is 29.2 Å². The van der Waals surface area contributed by atoms with Crippen molar-refractivity contribution in [2.24, 2.45) is 0 Å². The summed E-state index contributed by atoms with van der Waals surface area (Å²) in [6, 6.07) is 14.4. The standard InChI is InChI=1S/C20H24FN3O/c1-15(2)18-5-3-4-6-19(18)22-20(25)24-13-11-23(12-14-24)17-9-7-16(21)8-10-17/h3-10,15H,11-14H2,1-2H3,(H,22,25). The van der Waals surface area contributed by atoms with Gasteiger partial charge in [0.2, 0.25) is 0 Å². The average molecular weight is 341 g/mol. The number of nitrogens with one attached hydrogen (secondary N) is 1. The summed E-state index contributed by atoms with van der Waals surface area (Å²) in [7, 11) is 0. The highest BCUT2D eigenvalue weighted by Gasteiger charge is 2.22. The molecule has 4 nitrogen and oxygen atoms in total. The van der Waals surface area contributed by atoms with Crippen LogP contribution in [0.25, 0.3) is 0 Å². The highest BCUT2D eigenvalue weighted by atomic mass is 19.1. The van der Waals surface area contributed by atoms with Crippen molar-refractivity contribution in [2.45, 2.75) is 19.8 Å². The molecule has 25 heavy (non-hydrogen) atoms. The Labute approximate surface area is 148 Å². The number of nitrogens with zero attached hydrogens (tertiary/aromatic N) is 2. The summed E-state index contributed by atoms with van der Waals surface area (Å²) in [6.45, 7) is 7.01. The zero-order valence-corrected chi connectivity index (χ0v) is 14.7. The van der Waals surface area contributed by atoms with Gasteiger partial charge in [-0.25, -0.2) is 9.18 Å². The van der Waals surface area contributed by atoms with Gasteiger partial charge >= 0.3 is 6.03 Å². The second-order valence-electron chi connectivity index (χ2n) is 6.62. The van der Waals surface area contributed by atoms with Crippen molar-refractivity contribution in [1.82, 2.24) is 4.90 Å². The summed E-state index contributed by atoms with van der Waals surface area (Å²) in [4.78, 5) is 16.6. The van der Waals surface area contributed by atoms with E-state index in [0.29, 0.717) is 19.0 Å². The number of piperazine rings is 1. The van der Waals surface area contributed by atoms with Gasteiger partial charge < -0.3 is 15.1 Å². The van der Waals surface area contributed by atoms with Gasteiger partial charge in [0.1, 0.15) is 5.82 Å². The van der Waals surface area contributed by atoms with Gasteiger partial charge in [0, 0.05) is 37.6 Å². The van der Waals surface area contributed by atoms with E-state index in [-0.39, 0.29) is 11.8 Å². The van der Waals surface area contributed by atoms with Crippen LogP contribution in [0.1, 0.15) is 25.3 Å². The Kier molecular flexibility index (Phi) is 5.22. The van der Waals surface area contributed by atoms with Crippen LogP contribution in [-0.4, -0.2) is 37.1 Å². The second-order valence-corrected chi connectivity index (χ2v) is 6.62. The third kappa shape index (κ3) is 4.10. The lowest BCUT2D eigenvalue weighted by atomic mass is 10.0. The molecule has 1 heterocycles. The predicted octanol–water partition coefficient (Wildman–Crippen LogP) is 4.30. The molecule has 1 N–H and O–H groups in total. The molecule has 0 saturated carbocycles. The molecule has 0 atom stereocenters. The van der Waals surface area contributed by atoms with Gasteiger partial charge in [0.05, 0.1) is 0 Å². The molecule has 0 aliphatic carbocycles. The largest absolute Gasteiger partial charge is 0.368 e. The first-order chi connectivity index (χ1) is 12.0. The highest BCUT2D eigenvalue weighted by molar-refractivity contribution is 5.90. The average Bonchev–Trinajstić information content (AvgIpc) is 2.63. The Hall–Kier alpha value is -2.56. The van der Waals surface area contributed by atoms with E-state index in [1.54, 1.807) is 12.1 Å². The van der Waals surface area contributed by atoms with Crippen LogP contribution in [0.2, 0.25) is 0 Å². The number of rotatable bonds is 3. The molecular formula is C20H24FN3O. The number of anilines is 2. The Balaban J connectivity index is 1.59. The van der Waals surface area contributed by atoms with Crippen LogP contribution in [0.3, 0.4) is 0 Å². The first-order valence-corrected chi connectivity index (χ1v) is 8.70. The Morgan fingerprint density at radius 2 is 1.64 bits per heavy atom. The van der Waals surface area contributed by atoms with Crippen molar-refractivity contribution in [2.75, 3.05) is 36.4 Å². The molecule has 0 aromatic heterocycles. The van der Waals surface area contributed by atoms with E-state index in [4.69, 9.17) is 0 Å². The Morgan fingerprint density at radius 1 is 1.00 bits per heavy atom. The summed E-state index contributed by atoms with van der Waals surface area (Å²) in [5.41, 5.74) is 3.01. The fourth-order valence-corrected chi connectivity index (χ4v) is 3.13. The summed E-state index contributed by atoms with van der Waals surface area (Å²) in [5.74, 6) is 0.123. The minimum Gasteiger partial charge on any atom is -0.368 e. The molecule has 3 rings (SSSR count). The first-order valence-electron chi connectivity index (χ1n) is 8.70. The van der Waals surface area contributed by atoms with E-state index in [9.17, 15) is 9.18 Å². The van der Waals surface area contributed by atoms with Gasteiger partial charge in [-0.15, -0.1) is 0 Å². The molecule has 0 radical (unpaired) electrons. The summed E-state index contributed by atoms with van der Waals surface area (Å²) in [5, 5.41) is 3.04. The maximum absolute atomic E-state index is 13.0. The van der Waals surface area contributed by atoms with E-state index >= 15 is 0 Å². The second kappa shape index (κ2) is 7.55. The predicted molar refractivity (Wildman–Crippen MR) is 99.7 cm³/mol. The Morgan fingerprint density at radius 3 is 2.28 bits per heavy atom. The summed E-state index contributed by atoms with van der Waals surface area (Å²) < 4.78 is 13.0. The molecule has 0 unspecified atom stereocenters. The molecule has 1 aliphatic heterocycles. The number of amides is 2. The number of benzene rings is 2. The minimum atomic E-state index is -0.231. The normalized spacial score (nSPS) is 14.7. The van der Waals surface area contributed by atoms with E-state index in [1.165, 1.54) is 12.1 Å². The van der Waals surface area contributed by atoms with Crippen molar-refractivity contribution in [3.8, 4) is 0 Å². The van der Waals surface area contributed by atoms with Gasteiger partial charge in [-0.05, 0) is 41.8 Å². The van der Waals surface area contributed by atoms with Crippen LogP contribution in [0.15, 0.2) is 48.5 Å². The third-order valence-corrected chi connectivity index (χ3v) is 4.58. The van der Waals surface area contributed by atoms with Crippen LogP contribution in [0.4, 0.5) is 20.6 Å². The van der Waals surface area contributed by atoms with Crippen LogP contribution < -0.4 is 10.2 Å². The van der Waals surface area contributed by atoms with Crippen LogP contribution in [0, 0.1) is 5.82 Å². The fourth-order valence-electron chi connectivity index (χ4n) is 3.13. The molecule has 1 saturated heterocycles. The van der Waals surface area contributed by atoms with Gasteiger partial charge in [0.25, 0.3) is 0 Å². The number of carbonyl (C=O) groups excluding carboxylic acids is 1. The van der Waals surface area contributed by atoms with E-state index in [2.05, 4.69) is 24.1 Å². The van der Waals surface area contributed by atoms with Crippen molar-refractivity contribution < 1.29 is 9.18 Å². The molecule has 1 fully saturated rings. The number of urea groups is 1. The van der Waals surface area contributed by atoms with Gasteiger partial charge in [-0.1, -0.05) is 32.0 Å². The number of hydrogen-bond donors (Lipinski definition) is 1. The van der Waals surface area contributed by atoms with Gasteiger partial charge in [-0.2, -0.15) is 0 Å². The van der Waals surface area contributed by atoms with Crippen molar-refractivity contribution >= 4 is 17.4 Å². The quantitative estimate of drug-likeness (QED) is 0.903. The fraction of sp³-hybridized carbons (Fsp3) is 0.350. The lowest BCUT2D eigenvalue weighted by Gasteiger charge is -2.36. The maximum atomic E-state index is 13.0. The number of halogens is 1. The number of hydrogen-bond acceptors (Lipinski definition) is 2. The monoisotopic (exact) mass is 341 g/mol. The molecule has 0 spiro atoms. The zero-order chi connectivity index (χ0) is 17.8. The Bertz CT molecular complexity index is 722. The molecule has 5 heteroatoms. The lowest BCUT2D eigenvalue weighted by molar-refractivity contribution is 0.208. The third-order valence-electron chi connectivity index (χ3n) is 4.58. The molecule has 1 aliphatic rings. The molecule has 2 aromatic carbocycles. The van der Waals surface area contributed by atoms with Crippen LogP contribution in [-0.2, 0) is 0 Å². The molecule has 2 aromatic rings. The lowest BCUT2D eigenvalue weighted by Crippen LogP contribution is -2.50. The number of para-hydroxylation sites is 1. The van der Waals surface area contributed by atoms with E-state index < -0.39 is 0 Å². The molecule has 0 bridgehead atoms. The topological polar surface area (TPSA) is 35.6 Å². The van der Waals surface area contributed by atoms with E-state index in [0.717, 1.165) is 30.0 Å². The van der Waals surface area contributed by atoms with Crippen molar-refractivity contribution in [3.05, 3.63) is 59.9 Å². The first kappa shape index (κ1) is 17.3. The van der Waals surface area contributed by atoms with Crippen molar-refractivity contribution in [3.63, 3.8) is 0 Å². The minimum absolute atomic E-state index is 0.0631.